The lowest BCUT2D eigenvalue weighted by Crippen LogP contribution is -2.07. The van der Waals surface area contributed by atoms with Gasteiger partial charge in [-0.05, 0) is 19.9 Å². The molecular weight excluding hydrogens is 274 g/mol. The Balaban J connectivity index is 2.44. The predicted molar refractivity (Wildman–Crippen MR) is 77.3 cm³/mol. The zero-order chi connectivity index (χ0) is 14.7. The zero-order valence-electron chi connectivity index (χ0n) is 11.2. The van der Waals surface area contributed by atoms with E-state index in [4.69, 9.17) is 10.00 Å². The number of thiazole rings is 1. The highest BCUT2D eigenvalue weighted by Gasteiger charge is 2.14. The number of aromatic nitrogens is 2. The highest BCUT2D eigenvalue weighted by Crippen LogP contribution is 2.22. The van der Waals surface area contributed by atoms with Gasteiger partial charge < -0.3 is 4.74 Å². The highest BCUT2D eigenvalue weighted by atomic mass is 32.1. The van der Waals surface area contributed by atoms with Crippen molar-refractivity contribution in [1.82, 2.24) is 9.38 Å². The van der Waals surface area contributed by atoms with Crippen LogP contribution in [0.15, 0.2) is 24.4 Å². The molecule has 0 aliphatic carbocycles. The van der Waals surface area contributed by atoms with Gasteiger partial charge in [-0.3, -0.25) is 4.40 Å². The fourth-order valence-electron chi connectivity index (χ4n) is 1.74. The number of ether oxygens (including phenoxy) is 1. The summed E-state index contributed by atoms with van der Waals surface area (Å²) in [7, 11) is 0. The lowest BCUT2D eigenvalue weighted by molar-refractivity contribution is -0.137. The van der Waals surface area contributed by atoms with Crippen LogP contribution in [0.4, 0.5) is 0 Å². The molecule has 0 bridgehead atoms. The number of hydrogen-bond acceptors (Lipinski definition) is 5. The minimum atomic E-state index is -0.659. The first-order chi connectivity index (χ1) is 9.56. The molecule has 0 spiro atoms. The fraction of sp³-hybridized carbons (Fsp3) is 0.214. The minimum absolute atomic E-state index is 0.0550. The Labute approximate surface area is 120 Å². The average Bonchev–Trinajstić information content (AvgIpc) is 2.89. The van der Waals surface area contributed by atoms with Crippen LogP contribution in [0.1, 0.15) is 16.3 Å². The number of carbonyl (C=O) groups is 1. The second-order valence-corrected chi connectivity index (χ2v) is 5.35. The Morgan fingerprint density at radius 2 is 2.40 bits per heavy atom. The van der Waals surface area contributed by atoms with Crippen molar-refractivity contribution in [3.05, 3.63) is 40.7 Å². The van der Waals surface area contributed by atoms with Gasteiger partial charge in [-0.2, -0.15) is 5.26 Å². The van der Waals surface area contributed by atoms with E-state index in [0.29, 0.717) is 0 Å². The Bertz CT molecular complexity index is 746. The average molecular weight is 287 g/mol. The van der Waals surface area contributed by atoms with Crippen LogP contribution in [0.25, 0.3) is 11.0 Å². The monoisotopic (exact) mass is 287 g/mol. The third kappa shape index (κ3) is 2.63. The Hall–Kier alpha value is -2.39. The number of nitrogens with zero attached hydrogens (tertiary/aromatic N) is 3. The van der Waals surface area contributed by atoms with Gasteiger partial charge in [0.1, 0.15) is 18.2 Å². The lowest BCUT2D eigenvalue weighted by atomic mass is 10.2. The van der Waals surface area contributed by atoms with Gasteiger partial charge in [-0.25, -0.2) is 9.78 Å². The highest BCUT2D eigenvalue weighted by molar-refractivity contribution is 7.17. The maximum Gasteiger partial charge on any atom is 0.349 e. The molecule has 0 N–H and O–H groups in total. The first-order valence-electron chi connectivity index (χ1n) is 5.91. The zero-order valence-corrected chi connectivity index (χ0v) is 12.0. The van der Waals surface area contributed by atoms with E-state index in [9.17, 15) is 4.79 Å². The summed E-state index contributed by atoms with van der Waals surface area (Å²) in [6.45, 7) is 7.35. The Morgan fingerprint density at radius 3 is 3.05 bits per heavy atom. The molecule has 0 fully saturated rings. The summed E-state index contributed by atoms with van der Waals surface area (Å²) < 4.78 is 6.74. The van der Waals surface area contributed by atoms with E-state index in [1.54, 1.807) is 11.3 Å². The molecule has 2 aromatic rings. The summed E-state index contributed by atoms with van der Waals surface area (Å²) in [5.74, 6) is -0.659. The normalized spacial score (nSPS) is 11.3. The van der Waals surface area contributed by atoms with Crippen LogP contribution in [0.2, 0.25) is 0 Å². The molecule has 0 unspecified atom stereocenters. The maximum absolute atomic E-state index is 11.7. The number of carbonyl (C=O) groups excluding carboxylic acids is 1. The SMILES string of the molecule is C=CCOC(=O)/C(C#N)=C/c1c(C)nc2sc(C)cn12. The summed E-state index contributed by atoms with van der Waals surface area (Å²) in [4.78, 5) is 18.1. The van der Waals surface area contributed by atoms with Crippen molar-refractivity contribution in [2.45, 2.75) is 13.8 Å². The molecule has 0 saturated heterocycles. The van der Waals surface area contributed by atoms with Crippen LogP contribution < -0.4 is 0 Å². The number of imidazole rings is 1. The number of fused-ring (bicyclic) bond motifs is 1. The second kappa shape index (κ2) is 5.72. The summed E-state index contributed by atoms with van der Waals surface area (Å²) in [5.41, 5.74) is 1.43. The molecular formula is C14H13N3O2S. The molecule has 0 aliphatic heterocycles. The Kier molecular flexibility index (Phi) is 4.01. The second-order valence-electron chi connectivity index (χ2n) is 4.13. The van der Waals surface area contributed by atoms with Crippen LogP contribution in [0.5, 0.6) is 0 Å². The van der Waals surface area contributed by atoms with Crippen molar-refractivity contribution >= 4 is 28.3 Å². The number of rotatable bonds is 4. The van der Waals surface area contributed by atoms with Crippen LogP contribution >= 0.6 is 11.3 Å². The standard InChI is InChI=1S/C14H13N3O2S/c1-4-5-19-13(18)11(7-15)6-12-10(3)16-14-17(12)8-9(2)20-14/h4,6,8H,1,5H2,2-3H3/b11-6+. The summed E-state index contributed by atoms with van der Waals surface area (Å²) in [5, 5.41) is 9.09. The predicted octanol–water partition coefficient (Wildman–Crippen LogP) is 2.65. The number of aryl methyl sites for hydroxylation is 2. The van der Waals surface area contributed by atoms with E-state index in [2.05, 4.69) is 11.6 Å². The topological polar surface area (TPSA) is 67.4 Å². The van der Waals surface area contributed by atoms with Crippen molar-refractivity contribution in [2.24, 2.45) is 0 Å². The van der Waals surface area contributed by atoms with Crippen molar-refractivity contribution < 1.29 is 9.53 Å². The molecule has 0 amide bonds. The lowest BCUT2D eigenvalue weighted by Gasteiger charge is -2.00. The molecule has 0 aromatic carbocycles. The van der Waals surface area contributed by atoms with E-state index < -0.39 is 5.97 Å². The van der Waals surface area contributed by atoms with Crippen LogP contribution in [-0.4, -0.2) is 22.0 Å². The maximum atomic E-state index is 11.7. The van der Waals surface area contributed by atoms with Crippen molar-refractivity contribution in [3.63, 3.8) is 0 Å². The fourth-order valence-corrected chi connectivity index (χ4v) is 2.62. The van der Waals surface area contributed by atoms with Crippen LogP contribution in [0, 0.1) is 25.2 Å². The number of nitriles is 1. The van der Waals surface area contributed by atoms with E-state index in [0.717, 1.165) is 21.2 Å². The first-order valence-corrected chi connectivity index (χ1v) is 6.73. The van der Waals surface area contributed by atoms with Gasteiger partial charge in [0, 0.05) is 11.1 Å². The van der Waals surface area contributed by atoms with Gasteiger partial charge in [0.15, 0.2) is 4.96 Å². The molecule has 0 radical (unpaired) electrons. The van der Waals surface area contributed by atoms with Crippen molar-refractivity contribution in [3.8, 4) is 6.07 Å². The van der Waals surface area contributed by atoms with E-state index >= 15 is 0 Å². The summed E-state index contributed by atoms with van der Waals surface area (Å²) in [6, 6.07) is 1.86. The van der Waals surface area contributed by atoms with Gasteiger partial charge in [-0.1, -0.05) is 12.7 Å². The molecule has 5 nitrogen and oxygen atoms in total. The minimum Gasteiger partial charge on any atom is -0.457 e. The number of esters is 1. The van der Waals surface area contributed by atoms with Gasteiger partial charge in [-0.15, -0.1) is 11.3 Å². The van der Waals surface area contributed by atoms with Gasteiger partial charge in [0.25, 0.3) is 0 Å². The molecule has 6 heteroatoms. The summed E-state index contributed by atoms with van der Waals surface area (Å²) >= 11 is 1.55. The largest absolute Gasteiger partial charge is 0.457 e. The summed E-state index contributed by atoms with van der Waals surface area (Å²) in [6.07, 6.45) is 4.89. The number of hydrogen-bond donors (Lipinski definition) is 0. The molecule has 2 rings (SSSR count). The van der Waals surface area contributed by atoms with Crippen LogP contribution in [0.3, 0.4) is 0 Å². The van der Waals surface area contributed by atoms with Gasteiger partial charge >= 0.3 is 5.97 Å². The van der Waals surface area contributed by atoms with Crippen molar-refractivity contribution in [2.75, 3.05) is 6.61 Å². The molecule has 2 heterocycles. The van der Waals surface area contributed by atoms with Gasteiger partial charge in [0.2, 0.25) is 0 Å². The third-order valence-corrected chi connectivity index (χ3v) is 3.51. The molecule has 20 heavy (non-hydrogen) atoms. The van der Waals surface area contributed by atoms with E-state index in [1.807, 2.05) is 30.5 Å². The molecule has 0 aliphatic rings. The molecule has 102 valence electrons. The molecule has 0 atom stereocenters. The third-order valence-electron chi connectivity index (χ3n) is 2.62. The van der Waals surface area contributed by atoms with Crippen LogP contribution in [-0.2, 0) is 9.53 Å². The van der Waals surface area contributed by atoms with Crippen molar-refractivity contribution in [1.29, 1.82) is 5.26 Å². The smallest absolute Gasteiger partial charge is 0.349 e. The van der Waals surface area contributed by atoms with Gasteiger partial charge in [0.05, 0.1) is 11.4 Å². The Morgan fingerprint density at radius 1 is 1.65 bits per heavy atom. The van der Waals surface area contributed by atoms with E-state index in [-0.39, 0.29) is 12.2 Å². The molecule has 2 aromatic heterocycles. The first kappa shape index (κ1) is 14.0. The van der Waals surface area contributed by atoms with E-state index in [1.165, 1.54) is 12.2 Å². The quantitative estimate of drug-likeness (QED) is 0.375. The molecule has 0 saturated carbocycles.